The Morgan fingerprint density at radius 2 is 1.62 bits per heavy atom. The fourth-order valence-corrected chi connectivity index (χ4v) is 5.77. The van der Waals surface area contributed by atoms with Crippen molar-refractivity contribution in [2.75, 3.05) is 11.9 Å². The Hall–Kier alpha value is -4.00. The van der Waals surface area contributed by atoms with Crippen LogP contribution in [-0.4, -0.2) is 27.3 Å². The maximum atomic E-state index is 13.8. The quantitative estimate of drug-likeness (QED) is 0.137. The summed E-state index contributed by atoms with van der Waals surface area (Å²) in [5, 5.41) is 10.7. The highest BCUT2D eigenvalue weighted by Crippen LogP contribution is 2.39. The van der Waals surface area contributed by atoms with Crippen molar-refractivity contribution in [3.63, 3.8) is 0 Å². The standard InChI is InChI=1S/C32H25BrClF3N4O3S/c1-2-43-24-15-11-23(12-16-24)41-28(19-44-25-13-9-22(33)10-14-25)39-40-31(41)45-29(20-6-4-3-5-7-20)30(42)38-27-18-21(32(35,36)37)8-17-26(27)34/h3-18,29H,2,19H2,1H3,(H,38,42)/t29-/m0/s1. The number of alkyl halides is 3. The summed E-state index contributed by atoms with van der Waals surface area (Å²) in [5.41, 5.74) is 0.192. The van der Waals surface area contributed by atoms with E-state index in [9.17, 15) is 18.0 Å². The zero-order valence-electron chi connectivity index (χ0n) is 23.6. The van der Waals surface area contributed by atoms with Crippen LogP contribution in [0.25, 0.3) is 5.69 Å². The zero-order chi connectivity index (χ0) is 32.0. The van der Waals surface area contributed by atoms with Gasteiger partial charge < -0.3 is 14.8 Å². The predicted molar refractivity (Wildman–Crippen MR) is 171 cm³/mol. The third kappa shape index (κ3) is 8.19. The molecular formula is C32H25BrClF3N4O3S. The molecule has 0 radical (unpaired) electrons. The van der Waals surface area contributed by atoms with Gasteiger partial charge in [0.2, 0.25) is 5.91 Å². The summed E-state index contributed by atoms with van der Waals surface area (Å²) in [4.78, 5) is 13.8. The number of carbonyl (C=O) groups is 1. The number of hydrogen-bond donors (Lipinski definition) is 1. The molecule has 45 heavy (non-hydrogen) atoms. The van der Waals surface area contributed by atoms with E-state index < -0.39 is 22.9 Å². The molecular weight excluding hydrogens is 693 g/mol. The molecule has 5 rings (SSSR count). The Bertz CT molecular complexity index is 1760. The molecule has 1 atom stereocenters. The van der Waals surface area contributed by atoms with Gasteiger partial charge in [0.25, 0.3) is 0 Å². The molecule has 0 aliphatic rings. The SMILES string of the molecule is CCOc1ccc(-n2c(COc3ccc(Br)cc3)nnc2S[C@H](C(=O)Nc2cc(C(F)(F)F)ccc2Cl)c2ccccc2)cc1. The first kappa shape index (κ1) is 32.4. The van der Waals surface area contributed by atoms with Crippen LogP contribution in [0.15, 0.2) is 107 Å². The maximum Gasteiger partial charge on any atom is 0.416 e. The summed E-state index contributed by atoms with van der Waals surface area (Å²) in [5.74, 6) is 1.16. The molecule has 0 aliphatic heterocycles. The summed E-state index contributed by atoms with van der Waals surface area (Å²) in [7, 11) is 0. The Morgan fingerprint density at radius 3 is 2.29 bits per heavy atom. The summed E-state index contributed by atoms with van der Waals surface area (Å²) in [6.45, 7) is 2.45. The summed E-state index contributed by atoms with van der Waals surface area (Å²) in [6, 6.07) is 26.2. The number of halogens is 5. The Labute approximate surface area is 274 Å². The lowest BCUT2D eigenvalue weighted by atomic mass is 10.1. The third-order valence-corrected chi connectivity index (χ3v) is 8.46. The van der Waals surface area contributed by atoms with Crippen LogP contribution in [0.2, 0.25) is 5.02 Å². The number of benzene rings is 4. The minimum atomic E-state index is -4.61. The van der Waals surface area contributed by atoms with Gasteiger partial charge in [0.05, 0.1) is 22.9 Å². The van der Waals surface area contributed by atoms with Crippen LogP contribution >= 0.6 is 39.3 Å². The van der Waals surface area contributed by atoms with Gasteiger partial charge in [-0.3, -0.25) is 9.36 Å². The van der Waals surface area contributed by atoms with Crippen molar-refractivity contribution in [1.29, 1.82) is 0 Å². The molecule has 1 amide bonds. The molecule has 4 aromatic carbocycles. The zero-order valence-corrected chi connectivity index (χ0v) is 26.8. The number of anilines is 1. The minimum absolute atomic E-state index is 0.0295. The molecule has 1 aromatic heterocycles. The normalized spacial score (nSPS) is 12.0. The van der Waals surface area contributed by atoms with Crippen molar-refractivity contribution in [3.05, 3.63) is 124 Å². The first-order valence-electron chi connectivity index (χ1n) is 13.6. The van der Waals surface area contributed by atoms with E-state index in [2.05, 4.69) is 31.4 Å². The highest BCUT2D eigenvalue weighted by molar-refractivity contribution is 9.10. The summed E-state index contributed by atoms with van der Waals surface area (Å²) >= 11 is 10.7. The van der Waals surface area contributed by atoms with E-state index >= 15 is 0 Å². The first-order valence-corrected chi connectivity index (χ1v) is 15.6. The van der Waals surface area contributed by atoms with Gasteiger partial charge in [-0.2, -0.15) is 13.2 Å². The molecule has 1 N–H and O–H groups in total. The van der Waals surface area contributed by atoms with Crippen LogP contribution in [0.3, 0.4) is 0 Å². The van der Waals surface area contributed by atoms with E-state index in [-0.39, 0.29) is 17.3 Å². The smallest absolute Gasteiger partial charge is 0.416 e. The monoisotopic (exact) mass is 716 g/mol. The van der Waals surface area contributed by atoms with Crippen LogP contribution in [0.1, 0.15) is 29.1 Å². The van der Waals surface area contributed by atoms with E-state index in [4.69, 9.17) is 21.1 Å². The van der Waals surface area contributed by atoms with Gasteiger partial charge in [-0.25, -0.2) is 0 Å². The van der Waals surface area contributed by atoms with Gasteiger partial charge in [-0.05, 0) is 79.2 Å². The van der Waals surface area contributed by atoms with Gasteiger partial charge in [-0.1, -0.05) is 69.6 Å². The largest absolute Gasteiger partial charge is 0.494 e. The van der Waals surface area contributed by atoms with Crippen molar-refractivity contribution in [1.82, 2.24) is 14.8 Å². The molecule has 0 bridgehead atoms. The second-order valence-corrected chi connectivity index (χ2v) is 11.9. The minimum Gasteiger partial charge on any atom is -0.494 e. The number of thioether (sulfide) groups is 1. The lowest BCUT2D eigenvalue weighted by Gasteiger charge is -2.19. The van der Waals surface area contributed by atoms with E-state index in [0.29, 0.717) is 40.3 Å². The third-order valence-electron chi connectivity index (χ3n) is 6.40. The van der Waals surface area contributed by atoms with Gasteiger partial charge in [0, 0.05) is 10.2 Å². The topological polar surface area (TPSA) is 78.3 Å². The van der Waals surface area contributed by atoms with Crippen molar-refractivity contribution in [2.45, 2.75) is 30.1 Å². The fraction of sp³-hybridized carbons (Fsp3) is 0.156. The second kappa shape index (κ2) is 14.4. The molecule has 13 heteroatoms. The van der Waals surface area contributed by atoms with E-state index in [0.717, 1.165) is 34.4 Å². The molecule has 0 saturated carbocycles. The molecule has 7 nitrogen and oxygen atoms in total. The van der Waals surface area contributed by atoms with Gasteiger partial charge in [-0.15, -0.1) is 10.2 Å². The van der Waals surface area contributed by atoms with E-state index in [1.165, 1.54) is 0 Å². The van der Waals surface area contributed by atoms with Crippen molar-refractivity contribution >= 4 is 50.9 Å². The molecule has 0 unspecified atom stereocenters. The Balaban J connectivity index is 1.50. The second-order valence-electron chi connectivity index (χ2n) is 9.49. The fourth-order valence-electron chi connectivity index (χ4n) is 4.27. The Kier molecular flexibility index (Phi) is 10.4. The van der Waals surface area contributed by atoms with E-state index in [1.807, 2.05) is 55.5 Å². The number of amides is 1. The van der Waals surface area contributed by atoms with Crippen LogP contribution in [-0.2, 0) is 17.6 Å². The lowest BCUT2D eigenvalue weighted by Crippen LogP contribution is -2.20. The molecule has 0 fully saturated rings. The van der Waals surface area contributed by atoms with Crippen LogP contribution < -0.4 is 14.8 Å². The average Bonchev–Trinajstić information content (AvgIpc) is 3.43. The summed E-state index contributed by atoms with van der Waals surface area (Å²) < 4.78 is 54.5. The number of hydrogen-bond acceptors (Lipinski definition) is 6. The van der Waals surface area contributed by atoms with Crippen LogP contribution in [0, 0.1) is 0 Å². The Morgan fingerprint density at radius 1 is 0.956 bits per heavy atom. The predicted octanol–water partition coefficient (Wildman–Crippen LogP) is 9.15. The van der Waals surface area contributed by atoms with Crippen LogP contribution in [0.5, 0.6) is 11.5 Å². The van der Waals surface area contributed by atoms with E-state index in [1.54, 1.807) is 34.9 Å². The summed E-state index contributed by atoms with van der Waals surface area (Å²) in [6.07, 6.45) is -4.61. The number of nitrogens with zero attached hydrogens (tertiary/aromatic N) is 3. The lowest BCUT2D eigenvalue weighted by molar-refractivity contribution is -0.137. The molecule has 232 valence electrons. The molecule has 5 aromatic rings. The highest BCUT2D eigenvalue weighted by atomic mass is 79.9. The van der Waals surface area contributed by atoms with Crippen LogP contribution in [0.4, 0.5) is 18.9 Å². The molecule has 0 aliphatic carbocycles. The maximum absolute atomic E-state index is 13.8. The van der Waals surface area contributed by atoms with Crippen molar-refractivity contribution in [3.8, 4) is 17.2 Å². The number of aromatic nitrogens is 3. The van der Waals surface area contributed by atoms with Crippen molar-refractivity contribution < 1.29 is 27.4 Å². The van der Waals surface area contributed by atoms with Gasteiger partial charge in [0.1, 0.15) is 23.4 Å². The molecule has 1 heterocycles. The number of nitrogens with one attached hydrogen (secondary N) is 1. The highest BCUT2D eigenvalue weighted by Gasteiger charge is 2.32. The number of carbonyl (C=O) groups excluding carboxylic acids is 1. The average molecular weight is 718 g/mol. The van der Waals surface area contributed by atoms with Gasteiger partial charge in [0.15, 0.2) is 11.0 Å². The van der Waals surface area contributed by atoms with Crippen molar-refractivity contribution in [2.24, 2.45) is 0 Å². The van der Waals surface area contributed by atoms with Gasteiger partial charge >= 0.3 is 6.18 Å². The molecule has 0 saturated heterocycles. The molecule has 0 spiro atoms. The first-order chi connectivity index (χ1) is 21.6. The number of ether oxygens (including phenoxy) is 2. The number of rotatable bonds is 11.